The minimum Gasteiger partial charge on any atom is -0.310 e. The van der Waals surface area contributed by atoms with Crippen LogP contribution in [0.2, 0.25) is 5.02 Å². The molecule has 1 N–H and O–H groups in total. The Kier molecular flexibility index (Phi) is 4.22. The molecule has 0 spiro atoms. The van der Waals surface area contributed by atoms with Crippen LogP contribution in [0.5, 0.6) is 0 Å². The van der Waals surface area contributed by atoms with Crippen LogP contribution >= 0.6 is 11.6 Å². The number of aromatic nitrogens is 3. The molecule has 19 heavy (non-hydrogen) atoms. The lowest BCUT2D eigenvalue weighted by atomic mass is 10.2. The average Bonchev–Trinajstić information content (AvgIpc) is 2.64. The third kappa shape index (κ3) is 3.14. The maximum absolute atomic E-state index is 6.17. The Morgan fingerprint density at radius 2 is 2.05 bits per heavy atom. The van der Waals surface area contributed by atoms with E-state index in [2.05, 4.69) is 35.3 Å². The molecule has 0 atom stereocenters. The van der Waals surface area contributed by atoms with Gasteiger partial charge in [-0.05, 0) is 25.5 Å². The predicted molar refractivity (Wildman–Crippen MR) is 77.8 cm³/mol. The largest absolute Gasteiger partial charge is 0.310 e. The molecule has 2 aromatic rings. The number of pyridine rings is 1. The van der Waals surface area contributed by atoms with Crippen molar-refractivity contribution in [1.29, 1.82) is 0 Å². The first-order chi connectivity index (χ1) is 8.99. The molecule has 0 aromatic carbocycles. The van der Waals surface area contributed by atoms with Gasteiger partial charge in [0.15, 0.2) is 0 Å². The molecule has 4 nitrogen and oxygen atoms in total. The summed E-state index contributed by atoms with van der Waals surface area (Å²) in [6.45, 7) is 8.91. The molecule has 0 bridgehead atoms. The number of rotatable bonds is 4. The van der Waals surface area contributed by atoms with Gasteiger partial charge < -0.3 is 5.32 Å². The molecule has 0 aliphatic carbocycles. The van der Waals surface area contributed by atoms with Gasteiger partial charge in [0.25, 0.3) is 0 Å². The summed E-state index contributed by atoms with van der Waals surface area (Å²) < 4.78 is 1.84. The fraction of sp³-hybridized carbons (Fsp3) is 0.429. The van der Waals surface area contributed by atoms with Crippen molar-refractivity contribution < 1.29 is 0 Å². The van der Waals surface area contributed by atoms with E-state index in [9.17, 15) is 0 Å². The van der Waals surface area contributed by atoms with E-state index < -0.39 is 0 Å². The number of hydrogen-bond donors (Lipinski definition) is 1. The summed E-state index contributed by atoms with van der Waals surface area (Å²) in [4.78, 5) is 4.28. The van der Waals surface area contributed by atoms with Crippen molar-refractivity contribution in [1.82, 2.24) is 20.1 Å². The monoisotopic (exact) mass is 278 g/mol. The standard InChI is InChI=1S/C14H19ClN4/c1-9(2)17-7-12-5-13(8-16-6-12)19-11(4)14(15)10(3)18-19/h5-6,8-9,17H,7H2,1-4H3. The Bertz CT molecular complexity index is 575. The van der Waals surface area contributed by atoms with E-state index in [4.69, 9.17) is 11.6 Å². The SMILES string of the molecule is Cc1nn(-c2cncc(CNC(C)C)c2)c(C)c1Cl. The minimum absolute atomic E-state index is 0.451. The second-order valence-corrected chi connectivity index (χ2v) is 5.36. The molecule has 0 fully saturated rings. The maximum Gasteiger partial charge on any atom is 0.0848 e. The van der Waals surface area contributed by atoms with Crippen molar-refractivity contribution >= 4 is 11.6 Å². The summed E-state index contributed by atoms with van der Waals surface area (Å²) in [6, 6.07) is 2.53. The summed E-state index contributed by atoms with van der Waals surface area (Å²) in [5.41, 5.74) is 3.85. The van der Waals surface area contributed by atoms with Gasteiger partial charge >= 0.3 is 0 Å². The molecule has 0 radical (unpaired) electrons. The van der Waals surface area contributed by atoms with E-state index in [1.54, 1.807) is 6.20 Å². The van der Waals surface area contributed by atoms with Crippen LogP contribution in [-0.2, 0) is 6.54 Å². The highest BCUT2D eigenvalue weighted by atomic mass is 35.5. The van der Waals surface area contributed by atoms with Crippen molar-refractivity contribution in [2.24, 2.45) is 0 Å². The number of nitrogens with one attached hydrogen (secondary N) is 1. The quantitative estimate of drug-likeness (QED) is 0.935. The zero-order chi connectivity index (χ0) is 14.0. The lowest BCUT2D eigenvalue weighted by Crippen LogP contribution is -2.22. The normalized spacial score (nSPS) is 11.3. The van der Waals surface area contributed by atoms with Gasteiger partial charge in [0.1, 0.15) is 0 Å². The van der Waals surface area contributed by atoms with Gasteiger partial charge in [0.2, 0.25) is 0 Å². The Morgan fingerprint density at radius 3 is 2.63 bits per heavy atom. The fourth-order valence-corrected chi connectivity index (χ4v) is 2.00. The average molecular weight is 279 g/mol. The van der Waals surface area contributed by atoms with Crippen LogP contribution in [0.3, 0.4) is 0 Å². The first-order valence-corrected chi connectivity index (χ1v) is 6.76. The highest BCUT2D eigenvalue weighted by Crippen LogP contribution is 2.22. The summed E-state index contributed by atoms with van der Waals surface area (Å²) in [5.74, 6) is 0. The molecule has 5 heteroatoms. The molecule has 2 heterocycles. The van der Waals surface area contributed by atoms with E-state index in [0.29, 0.717) is 11.1 Å². The van der Waals surface area contributed by atoms with Crippen molar-refractivity contribution in [2.45, 2.75) is 40.3 Å². The van der Waals surface area contributed by atoms with Gasteiger partial charge in [0.05, 0.1) is 28.3 Å². The first kappa shape index (κ1) is 14.0. The fourth-order valence-electron chi connectivity index (χ4n) is 1.88. The first-order valence-electron chi connectivity index (χ1n) is 6.38. The van der Waals surface area contributed by atoms with Crippen LogP contribution in [-0.4, -0.2) is 20.8 Å². The van der Waals surface area contributed by atoms with E-state index in [0.717, 1.165) is 29.2 Å². The summed E-state index contributed by atoms with van der Waals surface area (Å²) in [5, 5.41) is 8.53. The molecule has 0 aliphatic rings. The van der Waals surface area contributed by atoms with E-state index >= 15 is 0 Å². The van der Waals surface area contributed by atoms with E-state index in [1.807, 2.05) is 24.7 Å². The highest BCUT2D eigenvalue weighted by molar-refractivity contribution is 6.31. The predicted octanol–water partition coefficient (Wildman–Crippen LogP) is 3.04. The topological polar surface area (TPSA) is 42.7 Å². The van der Waals surface area contributed by atoms with Crippen molar-refractivity contribution in [2.75, 3.05) is 0 Å². The van der Waals surface area contributed by atoms with Gasteiger partial charge in [-0.1, -0.05) is 25.4 Å². The van der Waals surface area contributed by atoms with Gasteiger partial charge in [-0.15, -0.1) is 0 Å². The maximum atomic E-state index is 6.17. The van der Waals surface area contributed by atoms with E-state index in [1.165, 1.54) is 0 Å². The van der Waals surface area contributed by atoms with Crippen LogP contribution in [0.1, 0.15) is 30.8 Å². The molecule has 2 aromatic heterocycles. The Balaban J connectivity index is 2.30. The Hall–Kier alpha value is -1.39. The Labute approximate surface area is 118 Å². The number of halogens is 1. The lowest BCUT2D eigenvalue weighted by Gasteiger charge is -2.09. The Morgan fingerprint density at radius 1 is 1.32 bits per heavy atom. The van der Waals surface area contributed by atoms with E-state index in [-0.39, 0.29) is 0 Å². The summed E-state index contributed by atoms with van der Waals surface area (Å²) in [7, 11) is 0. The minimum atomic E-state index is 0.451. The molecule has 0 amide bonds. The van der Waals surface area contributed by atoms with Gasteiger partial charge in [-0.2, -0.15) is 5.10 Å². The number of nitrogens with zero attached hydrogens (tertiary/aromatic N) is 3. The van der Waals surface area contributed by atoms with Crippen LogP contribution < -0.4 is 5.32 Å². The lowest BCUT2D eigenvalue weighted by molar-refractivity contribution is 0.587. The summed E-state index contributed by atoms with van der Waals surface area (Å²) in [6.07, 6.45) is 3.67. The zero-order valence-electron chi connectivity index (χ0n) is 11.7. The van der Waals surface area contributed by atoms with Crippen molar-refractivity contribution in [3.63, 3.8) is 0 Å². The smallest absolute Gasteiger partial charge is 0.0848 e. The van der Waals surface area contributed by atoms with Gasteiger partial charge in [-0.3, -0.25) is 4.98 Å². The van der Waals surface area contributed by atoms with Crippen molar-refractivity contribution in [3.05, 3.63) is 40.4 Å². The third-order valence-electron chi connectivity index (χ3n) is 2.94. The second-order valence-electron chi connectivity index (χ2n) is 4.98. The van der Waals surface area contributed by atoms with Gasteiger partial charge in [0, 0.05) is 18.8 Å². The number of hydrogen-bond acceptors (Lipinski definition) is 3. The zero-order valence-corrected chi connectivity index (χ0v) is 12.5. The molecule has 0 unspecified atom stereocenters. The number of aryl methyl sites for hydroxylation is 1. The molecule has 2 rings (SSSR count). The van der Waals surface area contributed by atoms with Crippen LogP contribution in [0, 0.1) is 13.8 Å². The van der Waals surface area contributed by atoms with Gasteiger partial charge in [-0.25, -0.2) is 4.68 Å². The van der Waals surface area contributed by atoms with Crippen LogP contribution in [0.25, 0.3) is 5.69 Å². The molecular formula is C14H19ClN4. The summed E-state index contributed by atoms with van der Waals surface area (Å²) >= 11 is 6.17. The molecular weight excluding hydrogens is 260 g/mol. The van der Waals surface area contributed by atoms with Crippen molar-refractivity contribution in [3.8, 4) is 5.69 Å². The molecule has 0 saturated carbocycles. The second kappa shape index (κ2) is 5.72. The highest BCUT2D eigenvalue weighted by Gasteiger charge is 2.11. The third-order valence-corrected chi connectivity index (χ3v) is 3.49. The molecule has 0 aliphatic heterocycles. The van der Waals surface area contributed by atoms with Crippen LogP contribution in [0.4, 0.5) is 0 Å². The van der Waals surface area contributed by atoms with Crippen LogP contribution in [0.15, 0.2) is 18.5 Å². The molecule has 0 saturated heterocycles. The molecule has 102 valence electrons.